The predicted octanol–water partition coefficient (Wildman–Crippen LogP) is 3.46. The highest BCUT2D eigenvalue weighted by Crippen LogP contribution is 2.16. The first-order valence-corrected chi connectivity index (χ1v) is 8.68. The van der Waals surface area contributed by atoms with E-state index in [4.69, 9.17) is 0 Å². The minimum atomic E-state index is -0.415. The second-order valence-electron chi connectivity index (χ2n) is 6.09. The van der Waals surface area contributed by atoms with Crippen LogP contribution in [-0.4, -0.2) is 35.0 Å². The summed E-state index contributed by atoms with van der Waals surface area (Å²) in [6, 6.07) is 16.4. The van der Waals surface area contributed by atoms with Crippen molar-refractivity contribution in [3.05, 3.63) is 77.5 Å². The average Bonchev–Trinajstić information content (AvgIpc) is 2.74. The summed E-state index contributed by atoms with van der Waals surface area (Å²) in [6.45, 7) is 1.48. The molecule has 3 rings (SSSR count). The summed E-state index contributed by atoms with van der Waals surface area (Å²) < 4.78 is 4.65. The Hall–Kier alpha value is -4.07. The lowest BCUT2D eigenvalue weighted by Crippen LogP contribution is -2.14. The zero-order chi connectivity index (χ0) is 20.8. The standard InChI is InChI=1S/C21H18N4O4/c1-13(26)14-3-7-17(8-4-14)23-20(27)18-11-12-19(25-24-18)22-16-9-5-15(6-10-16)21(28)29-2/h3-12H,1-2H3,(H,22,25)(H,23,27). The molecule has 0 spiro atoms. The van der Waals surface area contributed by atoms with Crippen LogP contribution in [0.5, 0.6) is 0 Å². The minimum absolute atomic E-state index is 0.0447. The molecule has 0 fully saturated rings. The van der Waals surface area contributed by atoms with E-state index >= 15 is 0 Å². The minimum Gasteiger partial charge on any atom is -0.465 e. The summed E-state index contributed by atoms with van der Waals surface area (Å²) in [7, 11) is 1.32. The number of ketones is 1. The molecular formula is C21H18N4O4. The third-order valence-electron chi connectivity index (χ3n) is 4.02. The van der Waals surface area contributed by atoms with E-state index in [0.717, 1.165) is 0 Å². The van der Waals surface area contributed by atoms with Crippen LogP contribution in [0, 0.1) is 0 Å². The van der Waals surface area contributed by atoms with Crippen LogP contribution in [0.15, 0.2) is 60.7 Å². The van der Waals surface area contributed by atoms with Gasteiger partial charge in [-0.15, -0.1) is 10.2 Å². The van der Waals surface area contributed by atoms with Crippen LogP contribution < -0.4 is 10.6 Å². The zero-order valence-corrected chi connectivity index (χ0v) is 15.8. The number of methoxy groups -OCH3 is 1. The molecule has 0 bridgehead atoms. The fraction of sp³-hybridized carbons (Fsp3) is 0.0952. The van der Waals surface area contributed by atoms with E-state index in [2.05, 4.69) is 25.6 Å². The maximum absolute atomic E-state index is 12.3. The number of nitrogens with one attached hydrogen (secondary N) is 2. The van der Waals surface area contributed by atoms with Crippen LogP contribution in [0.25, 0.3) is 0 Å². The van der Waals surface area contributed by atoms with E-state index in [-0.39, 0.29) is 11.5 Å². The van der Waals surface area contributed by atoms with Gasteiger partial charge >= 0.3 is 5.97 Å². The van der Waals surface area contributed by atoms with E-state index in [9.17, 15) is 14.4 Å². The van der Waals surface area contributed by atoms with Crippen molar-refractivity contribution in [2.24, 2.45) is 0 Å². The van der Waals surface area contributed by atoms with E-state index in [1.807, 2.05) is 0 Å². The van der Waals surface area contributed by atoms with Gasteiger partial charge in [0.2, 0.25) is 0 Å². The van der Waals surface area contributed by atoms with E-state index in [0.29, 0.717) is 28.3 Å². The number of nitrogens with zero attached hydrogens (tertiary/aromatic N) is 2. The molecule has 1 amide bonds. The van der Waals surface area contributed by atoms with Gasteiger partial charge in [-0.25, -0.2) is 4.79 Å². The maximum atomic E-state index is 12.3. The summed E-state index contributed by atoms with van der Waals surface area (Å²) in [5, 5.41) is 13.6. The van der Waals surface area contributed by atoms with Gasteiger partial charge in [0, 0.05) is 16.9 Å². The van der Waals surface area contributed by atoms with Crippen molar-refractivity contribution in [1.82, 2.24) is 10.2 Å². The second-order valence-corrected chi connectivity index (χ2v) is 6.09. The van der Waals surface area contributed by atoms with Gasteiger partial charge in [0.25, 0.3) is 5.91 Å². The summed E-state index contributed by atoms with van der Waals surface area (Å²) in [5.74, 6) is -0.431. The Kier molecular flexibility index (Phi) is 5.94. The highest BCUT2D eigenvalue weighted by Gasteiger charge is 2.10. The van der Waals surface area contributed by atoms with Crippen LogP contribution in [0.1, 0.15) is 38.1 Å². The van der Waals surface area contributed by atoms with Crippen molar-refractivity contribution >= 4 is 34.9 Å². The number of carbonyl (C=O) groups excluding carboxylic acids is 3. The topological polar surface area (TPSA) is 110 Å². The molecule has 0 atom stereocenters. The molecule has 146 valence electrons. The first-order chi connectivity index (χ1) is 14.0. The molecular weight excluding hydrogens is 372 g/mol. The Balaban J connectivity index is 1.62. The van der Waals surface area contributed by atoms with Gasteiger partial charge in [-0.3, -0.25) is 9.59 Å². The van der Waals surface area contributed by atoms with Crippen LogP contribution in [-0.2, 0) is 4.74 Å². The first-order valence-electron chi connectivity index (χ1n) is 8.68. The van der Waals surface area contributed by atoms with E-state index in [1.165, 1.54) is 20.1 Å². The van der Waals surface area contributed by atoms with Crippen LogP contribution in [0.2, 0.25) is 0 Å². The van der Waals surface area contributed by atoms with Gasteiger partial charge in [-0.1, -0.05) is 0 Å². The van der Waals surface area contributed by atoms with Crippen molar-refractivity contribution in [3.8, 4) is 0 Å². The zero-order valence-electron chi connectivity index (χ0n) is 15.8. The number of benzene rings is 2. The SMILES string of the molecule is COC(=O)c1ccc(Nc2ccc(C(=O)Nc3ccc(C(C)=O)cc3)nn2)cc1. The second kappa shape index (κ2) is 8.75. The van der Waals surface area contributed by atoms with Gasteiger partial charge in [0.05, 0.1) is 12.7 Å². The van der Waals surface area contributed by atoms with Gasteiger partial charge in [-0.2, -0.15) is 0 Å². The normalized spacial score (nSPS) is 10.1. The predicted molar refractivity (Wildman–Crippen MR) is 107 cm³/mol. The number of rotatable bonds is 6. The van der Waals surface area contributed by atoms with Gasteiger partial charge in [0.15, 0.2) is 17.3 Å². The Morgan fingerprint density at radius 2 is 1.41 bits per heavy atom. The van der Waals surface area contributed by atoms with Gasteiger partial charge in [0.1, 0.15) is 0 Å². The third kappa shape index (κ3) is 5.01. The maximum Gasteiger partial charge on any atom is 0.337 e. The monoisotopic (exact) mass is 390 g/mol. The molecule has 0 aliphatic heterocycles. The number of carbonyl (C=O) groups is 3. The molecule has 3 aromatic rings. The lowest BCUT2D eigenvalue weighted by atomic mass is 10.1. The summed E-state index contributed by atoms with van der Waals surface area (Å²) in [4.78, 5) is 35.0. The number of hydrogen-bond acceptors (Lipinski definition) is 7. The van der Waals surface area contributed by atoms with Crippen molar-refractivity contribution < 1.29 is 19.1 Å². The average molecular weight is 390 g/mol. The molecule has 2 N–H and O–H groups in total. The smallest absolute Gasteiger partial charge is 0.337 e. The summed E-state index contributed by atoms with van der Waals surface area (Å²) in [5.41, 5.74) is 2.40. The van der Waals surface area contributed by atoms with Crippen molar-refractivity contribution in [1.29, 1.82) is 0 Å². The number of hydrogen-bond donors (Lipinski definition) is 2. The number of ether oxygens (including phenoxy) is 1. The molecule has 0 aliphatic rings. The molecule has 8 heteroatoms. The lowest BCUT2D eigenvalue weighted by Gasteiger charge is -2.07. The van der Waals surface area contributed by atoms with Crippen LogP contribution in [0.3, 0.4) is 0 Å². The molecule has 8 nitrogen and oxygen atoms in total. The molecule has 0 radical (unpaired) electrons. The van der Waals surface area contributed by atoms with Gasteiger partial charge in [-0.05, 0) is 67.6 Å². The first kappa shape index (κ1) is 19.7. The lowest BCUT2D eigenvalue weighted by molar-refractivity contribution is 0.0600. The fourth-order valence-corrected chi connectivity index (χ4v) is 2.46. The third-order valence-corrected chi connectivity index (χ3v) is 4.02. The molecule has 0 aliphatic carbocycles. The van der Waals surface area contributed by atoms with Crippen LogP contribution >= 0.6 is 0 Å². The number of amides is 1. The van der Waals surface area contributed by atoms with Gasteiger partial charge < -0.3 is 15.4 Å². The quantitative estimate of drug-likeness (QED) is 0.490. The van der Waals surface area contributed by atoms with E-state index in [1.54, 1.807) is 54.6 Å². The van der Waals surface area contributed by atoms with Crippen molar-refractivity contribution in [2.75, 3.05) is 17.7 Å². The fourth-order valence-electron chi connectivity index (χ4n) is 2.46. The number of esters is 1. The van der Waals surface area contributed by atoms with E-state index < -0.39 is 11.9 Å². The van der Waals surface area contributed by atoms with Crippen molar-refractivity contribution in [3.63, 3.8) is 0 Å². The Labute approximate surface area is 166 Å². The highest BCUT2D eigenvalue weighted by molar-refractivity contribution is 6.03. The van der Waals surface area contributed by atoms with Crippen molar-refractivity contribution in [2.45, 2.75) is 6.92 Å². The Morgan fingerprint density at radius 3 is 1.97 bits per heavy atom. The Bertz CT molecular complexity index is 1030. The number of aromatic nitrogens is 2. The number of anilines is 3. The molecule has 1 heterocycles. The number of Topliss-reactive ketones (excluding diaryl/α,β-unsaturated/α-hetero) is 1. The molecule has 0 unspecified atom stereocenters. The Morgan fingerprint density at radius 1 is 0.793 bits per heavy atom. The molecule has 2 aromatic carbocycles. The highest BCUT2D eigenvalue weighted by atomic mass is 16.5. The molecule has 0 saturated heterocycles. The molecule has 1 aromatic heterocycles. The molecule has 29 heavy (non-hydrogen) atoms. The summed E-state index contributed by atoms with van der Waals surface area (Å²) in [6.07, 6.45) is 0. The van der Waals surface area contributed by atoms with Crippen LogP contribution in [0.4, 0.5) is 17.2 Å². The summed E-state index contributed by atoms with van der Waals surface area (Å²) >= 11 is 0. The molecule has 0 saturated carbocycles. The largest absolute Gasteiger partial charge is 0.465 e.